The first kappa shape index (κ1) is 13.8. The van der Waals surface area contributed by atoms with E-state index < -0.39 is 6.10 Å². The van der Waals surface area contributed by atoms with Crippen molar-refractivity contribution in [1.82, 2.24) is 5.32 Å². The van der Waals surface area contributed by atoms with E-state index in [1.807, 2.05) is 0 Å². The Hall–Kier alpha value is -0.200. The van der Waals surface area contributed by atoms with Crippen LogP contribution in [0.3, 0.4) is 0 Å². The van der Waals surface area contributed by atoms with Gasteiger partial charge in [0.25, 0.3) is 0 Å². The van der Waals surface area contributed by atoms with E-state index in [2.05, 4.69) is 5.32 Å². The number of nitrogens with one attached hydrogen (secondary N) is 1. The minimum Gasteiger partial charge on any atom is -0.389 e. The van der Waals surface area contributed by atoms with Crippen molar-refractivity contribution in [3.8, 4) is 0 Å². The van der Waals surface area contributed by atoms with Crippen LogP contribution in [0.2, 0.25) is 0 Å². The quantitative estimate of drug-likeness (QED) is 0.461. The average Bonchev–Trinajstić information content (AvgIpc) is 2.17. The molecule has 14 heavy (non-hydrogen) atoms. The molecule has 0 aromatic carbocycles. The Labute approximate surface area is 85.3 Å². The predicted molar refractivity (Wildman–Crippen MR) is 53.4 cm³/mol. The first-order chi connectivity index (χ1) is 6.81. The van der Waals surface area contributed by atoms with Crippen LogP contribution < -0.4 is 5.32 Å². The second kappa shape index (κ2) is 10.9. The lowest BCUT2D eigenvalue weighted by atomic mass is 10.4. The first-order valence-electron chi connectivity index (χ1n) is 4.78. The average molecular weight is 207 g/mol. The molecule has 0 aromatic heterocycles. The van der Waals surface area contributed by atoms with Gasteiger partial charge >= 0.3 is 0 Å². The Morgan fingerprint density at radius 3 is 2.43 bits per heavy atom. The van der Waals surface area contributed by atoms with Crippen molar-refractivity contribution in [1.29, 1.82) is 0 Å². The number of likely N-dealkylation sites (N-methyl/N-ethyl adjacent to an activating group) is 1. The number of rotatable bonds is 10. The Bertz CT molecular complexity index is 113. The van der Waals surface area contributed by atoms with Crippen molar-refractivity contribution in [2.24, 2.45) is 0 Å². The van der Waals surface area contributed by atoms with Crippen molar-refractivity contribution in [3.63, 3.8) is 0 Å². The lowest BCUT2D eigenvalue weighted by Gasteiger charge is -2.10. The highest BCUT2D eigenvalue weighted by atomic mass is 16.5. The van der Waals surface area contributed by atoms with E-state index in [1.54, 1.807) is 14.2 Å². The Morgan fingerprint density at radius 1 is 1.14 bits per heavy atom. The zero-order valence-electron chi connectivity index (χ0n) is 8.99. The topological polar surface area (TPSA) is 60.0 Å². The Kier molecular flexibility index (Phi) is 10.7. The molecule has 1 atom stereocenters. The summed E-state index contributed by atoms with van der Waals surface area (Å²) in [7, 11) is 3.42. The van der Waals surface area contributed by atoms with E-state index in [0.29, 0.717) is 39.6 Å². The molecule has 0 heterocycles. The van der Waals surface area contributed by atoms with E-state index >= 15 is 0 Å². The summed E-state index contributed by atoms with van der Waals surface area (Å²) in [6.07, 6.45) is -0.445. The molecule has 0 fully saturated rings. The summed E-state index contributed by atoms with van der Waals surface area (Å²) < 4.78 is 15.1. The molecule has 0 radical (unpaired) electrons. The molecule has 0 rings (SSSR count). The fraction of sp³-hybridized carbons (Fsp3) is 1.00. The summed E-state index contributed by atoms with van der Waals surface area (Å²) in [5.41, 5.74) is 0. The van der Waals surface area contributed by atoms with E-state index in [0.717, 1.165) is 0 Å². The molecular weight excluding hydrogens is 186 g/mol. The largest absolute Gasteiger partial charge is 0.389 e. The van der Waals surface area contributed by atoms with Gasteiger partial charge in [0.05, 0.1) is 39.1 Å². The maximum atomic E-state index is 9.24. The van der Waals surface area contributed by atoms with Crippen LogP contribution >= 0.6 is 0 Å². The van der Waals surface area contributed by atoms with Crippen molar-refractivity contribution in [3.05, 3.63) is 0 Å². The third-order valence-corrected chi connectivity index (χ3v) is 1.55. The molecule has 0 saturated heterocycles. The lowest BCUT2D eigenvalue weighted by Crippen LogP contribution is -2.28. The first-order valence-corrected chi connectivity index (χ1v) is 4.78. The number of hydrogen-bond acceptors (Lipinski definition) is 5. The second-order valence-corrected chi connectivity index (χ2v) is 2.89. The highest BCUT2D eigenvalue weighted by Crippen LogP contribution is 1.84. The fourth-order valence-electron chi connectivity index (χ4n) is 0.876. The molecule has 0 aliphatic heterocycles. The van der Waals surface area contributed by atoms with Gasteiger partial charge in [0, 0.05) is 13.7 Å². The van der Waals surface area contributed by atoms with E-state index in [-0.39, 0.29) is 0 Å². The van der Waals surface area contributed by atoms with Gasteiger partial charge in [-0.3, -0.25) is 0 Å². The summed E-state index contributed by atoms with van der Waals surface area (Å²) >= 11 is 0. The van der Waals surface area contributed by atoms with Gasteiger partial charge in [-0.15, -0.1) is 0 Å². The number of aliphatic hydroxyl groups excluding tert-OH is 1. The molecule has 2 N–H and O–H groups in total. The molecule has 0 saturated carbocycles. The van der Waals surface area contributed by atoms with Gasteiger partial charge in [-0.1, -0.05) is 0 Å². The highest BCUT2D eigenvalue weighted by molar-refractivity contribution is 4.54. The molecule has 1 unspecified atom stereocenters. The molecule has 0 bridgehead atoms. The normalized spacial score (nSPS) is 13.1. The molecule has 0 spiro atoms. The van der Waals surface area contributed by atoms with E-state index in [4.69, 9.17) is 14.2 Å². The number of hydrogen-bond donors (Lipinski definition) is 2. The van der Waals surface area contributed by atoms with Gasteiger partial charge in [-0.05, 0) is 7.05 Å². The molecular formula is C9H21NO4. The monoisotopic (exact) mass is 207 g/mol. The maximum Gasteiger partial charge on any atom is 0.0897 e. The zero-order chi connectivity index (χ0) is 10.6. The van der Waals surface area contributed by atoms with Crippen LogP contribution in [-0.4, -0.2) is 64.9 Å². The smallest absolute Gasteiger partial charge is 0.0897 e. The van der Waals surface area contributed by atoms with Gasteiger partial charge in [-0.2, -0.15) is 0 Å². The molecule has 0 aliphatic rings. The second-order valence-electron chi connectivity index (χ2n) is 2.89. The van der Waals surface area contributed by atoms with E-state index in [9.17, 15) is 5.11 Å². The minimum absolute atomic E-state index is 0.342. The fourth-order valence-corrected chi connectivity index (χ4v) is 0.876. The van der Waals surface area contributed by atoms with Crippen molar-refractivity contribution in [2.45, 2.75) is 6.10 Å². The van der Waals surface area contributed by atoms with E-state index in [1.165, 1.54) is 0 Å². The van der Waals surface area contributed by atoms with Gasteiger partial charge in [0.15, 0.2) is 0 Å². The van der Waals surface area contributed by atoms with Gasteiger partial charge in [0.1, 0.15) is 0 Å². The zero-order valence-corrected chi connectivity index (χ0v) is 8.99. The van der Waals surface area contributed by atoms with Crippen molar-refractivity contribution < 1.29 is 19.3 Å². The van der Waals surface area contributed by atoms with Crippen molar-refractivity contribution in [2.75, 3.05) is 53.7 Å². The van der Waals surface area contributed by atoms with Crippen LogP contribution in [0.4, 0.5) is 0 Å². The van der Waals surface area contributed by atoms with Crippen LogP contribution in [0.1, 0.15) is 0 Å². The van der Waals surface area contributed by atoms with Crippen LogP contribution in [-0.2, 0) is 14.2 Å². The SMILES string of the molecule is CNCC(O)COCCOCCOC. The van der Waals surface area contributed by atoms with Crippen LogP contribution in [0.5, 0.6) is 0 Å². The highest BCUT2D eigenvalue weighted by Gasteiger charge is 2.01. The molecule has 0 amide bonds. The third-order valence-electron chi connectivity index (χ3n) is 1.55. The Balaban J connectivity index is 2.98. The van der Waals surface area contributed by atoms with Gasteiger partial charge < -0.3 is 24.6 Å². The summed E-state index contributed by atoms with van der Waals surface area (Å²) in [6, 6.07) is 0. The summed E-state index contributed by atoms with van der Waals surface area (Å²) in [5, 5.41) is 12.1. The van der Waals surface area contributed by atoms with Crippen LogP contribution in [0.25, 0.3) is 0 Å². The standard InChI is InChI=1S/C9H21NO4/c1-10-7-9(11)8-14-6-5-13-4-3-12-2/h9-11H,3-8H2,1-2H3. The predicted octanol–water partition coefficient (Wildman–Crippen LogP) is -0.754. The number of methoxy groups -OCH3 is 1. The molecule has 5 nitrogen and oxygen atoms in total. The van der Waals surface area contributed by atoms with Crippen molar-refractivity contribution >= 4 is 0 Å². The summed E-state index contributed by atoms with van der Waals surface area (Å²) in [6.45, 7) is 3.11. The van der Waals surface area contributed by atoms with Crippen LogP contribution in [0, 0.1) is 0 Å². The maximum absolute atomic E-state index is 9.24. The summed E-state index contributed by atoms with van der Waals surface area (Å²) in [5.74, 6) is 0. The summed E-state index contributed by atoms with van der Waals surface area (Å²) in [4.78, 5) is 0. The number of aliphatic hydroxyl groups is 1. The molecule has 0 aliphatic carbocycles. The molecule has 86 valence electrons. The lowest BCUT2D eigenvalue weighted by molar-refractivity contribution is -0.00445. The van der Waals surface area contributed by atoms with Crippen LogP contribution in [0.15, 0.2) is 0 Å². The van der Waals surface area contributed by atoms with Gasteiger partial charge in [-0.25, -0.2) is 0 Å². The Morgan fingerprint density at radius 2 is 1.79 bits per heavy atom. The minimum atomic E-state index is -0.445. The molecule has 5 heteroatoms. The third kappa shape index (κ3) is 9.88. The molecule has 0 aromatic rings. The van der Waals surface area contributed by atoms with Gasteiger partial charge in [0.2, 0.25) is 0 Å². The number of ether oxygens (including phenoxy) is 3.